The summed E-state index contributed by atoms with van der Waals surface area (Å²) in [5, 5.41) is 3.96. The van der Waals surface area contributed by atoms with Gasteiger partial charge in [0.2, 0.25) is 0 Å². The van der Waals surface area contributed by atoms with E-state index in [1.807, 2.05) is 19.9 Å². The van der Waals surface area contributed by atoms with Gasteiger partial charge in [0.1, 0.15) is 15.5 Å². The number of thiophene rings is 1. The first-order chi connectivity index (χ1) is 12.8. The zero-order valence-corrected chi connectivity index (χ0v) is 16.4. The molecule has 27 heavy (non-hydrogen) atoms. The quantitative estimate of drug-likeness (QED) is 0.397. The average Bonchev–Trinajstić information content (AvgIpc) is 2.95. The van der Waals surface area contributed by atoms with Gasteiger partial charge >= 0.3 is 0 Å². The molecule has 0 atom stereocenters. The van der Waals surface area contributed by atoms with Gasteiger partial charge in [0.05, 0.1) is 5.69 Å². The van der Waals surface area contributed by atoms with Crippen LogP contribution in [0.15, 0.2) is 30.3 Å². The Labute approximate surface area is 165 Å². The maximum Gasteiger partial charge on any atom is 0.281 e. The van der Waals surface area contributed by atoms with Gasteiger partial charge < -0.3 is 11.1 Å². The fraction of sp³-hybridized carbons (Fsp3) is 0.167. The molecule has 0 spiro atoms. The first-order valence-electron chi connectivity index (χ1n) is 8.10. The highest BCUT2D eigenvalue weighted by Crippen LogP contribution is 2.34. The van der Waals surface area contributed by atoms with E-state index in [2.05, 4.69) is 21.2 Å². The Hall–Kier alpha value is -2.78. The lowest BCUT2D eigenvalue weighted by molar-refractivity contribution is 0.0948. The zero-order valence-electron chi connectivity index (χ0n) is 14.7. The van der Waals surface area contributed by atoms with Crippen LogP contribution in [0.1, 0.15) is 26.5 Å². The van der Waals surface area contributed by atoms with Crippen LogP contribution in [0.2, 0.25) is 0 Å². The number of nitrogen functional groups attached to an aromatic ring is 1. The van der Waals surface area contributed by atoms with E-state index in [9.17, 15) is 9.18 Å². The molecular formula is C18H18FN5OS2. The maximum atomic E-state index is 12.9. The lowest BCUT2D eigenvalue weighted by Gasteiger charge is -2.11. The van der Waals surface area contributed by atoms with Gasteiger partial charge in [-0.1, -0.05) is 12.1 Å². The van der Waals surface area contributed by atoms with Crippen LogP contribution >= 0.6 is 23.6 Å². The Morgan fingerprint density at radius 3 is 2.67 bits per heavy atom. The minimum absolute atomic E-state index is 0.234. The third-order valence-corrected chi connectivity index (χ3v) is 5.23. The number of anilines is 1. The van der Waals surface area contributed by atoms with Crippen LogP contribution in [-0.2, 0) is 6.54 Å². The van der Waals surface area contributed by atoms with E-state index in [-0.39, 0.29) is 10.9 Å². The zero-order chi connectivity index (χ0) is 19.6. The standard InChI is InChI=1S/C18H18FN5OS2/c1-9-7-10(2)22-17-13(9)14(20)15(27-17)16(25)23-24-18(26)21-8-11-3-5-12(19)6-4-11/h3-7H,8,20H2,1-2H3,(H,23,25)(H2,21,24,26). The predicted octanol–water partition coefficient (Wildman–Crippen LogP) is 2.94. The molecular weight excluding hydrogens is 385 g/mol. The number of hydrazine groups is 1. The van der Waals surface area contributed by atoms with Gasteiger partial charge in [-0.25, -0.2) is 9.37 Å². The summed E-state index contributed by atoms with van der Waals surface area (Å²) in [5.41, 5.74) is 14.4. The molecule has 0 fully saturated rings. The van der Waals surface area contributed by atoms with Crippen molar-refractivity contribution in [1.82, 2.24) is 21.2 Å². The van der Waals surface area contributed by atoms with Gasteiger partial charge in [0.15, 0.2) is 5.11 Å². The number of benzene rings is 1. The highest BCUT2D eigenvalue weighted by molar-refractivity contribution is 7.80. The van der Waals surface area contributed by atoms with E-state index in [1.54, 1.807) is 12.1 Å². The van der Waals surface area contributed by atoms with Crippen molar-refractivity contribution in [3.63, 3.8) is 0 Å². The number of rotatable bonds is 3. The number of aromatic nitrogens is 1. The molecule has 140 valence electrons. The molecule has 1 amide bonds. The summed E-state index contributed by atoms with van der Waals surface area (Å²) in [6.07, 6.45) is 0. The van der Waals surface area contributed by atoms with Gasteiger partial charge in [0.25, 0.3) is 5.91 Å². The van der Waals surface area contributed by atoms with E-state index in [0.29, 0.717) is 17.1 Å². The highest BCUT2D eigenvalue weighted by atomic mass is 32.1. The summed E-state index contributed by atoms with van der Waals surface area (Å²) in [6.45, 7) is 4.23. The Kier molecular flexibility index (Phi) is 5.52. The first kappa shape index (κ1) is 19.0. The largest absolute Gasteiger partial charge is 0.397 e. The van der Waals surface area contributed by atoms with Crippen LogP contribution < -0.4 is 21.9 Å². The van der Waals surface area contributed by atoms with Crippen molar-refractivity contribution in [2.45, 2.75) is 20.4 Å². The van der Waals surface area contributed by atoms with Crippen LogP contribution in [0.4, 0.5) is 10.1 Å². The minimum Gasteiger partial charge on any atom is -0.397 e. The molecule has 1 aromatic carbocycles. The molecule has 5 N–H and O–H groups in total. The van der Waals surface area contributed by atoms with E-state index in [4.69, 9.17) is 18.0 Å². The van der Waals surface area contributed by atoms with Gasteiger partial charge in [0, 0.05) is 17.6 Å². The second-order valence-electron chi connectivity index (χ2n) is 5.99. The van der Waals surface area contributed by atoms with Crippen molar-refractivity contribution in [3.05, 3.63) is 57.8 Å². The monoisotopic (exact) mass is 403 g/mol. The van der Waals surface area contributed by atoms with Crippen molar-refractivity contribution < 1.29 is 9.18 Å². The molecule has 0 aliphatic heterocycles. The Bertz CT molecular complexity index is 1020. The number of carbonyl (C=O) groups is 1. The first-order valence-corrected chi connectivity index (χ1v) is 9.32. The van der Waals surface area contributed by atoms with Gasteiger partial charge in [-0.2, -0.15) is 0 Å². The van der Waals surface area contributed by atoms with Crippen LogP contribution in [0.5, 0.6) is 0 Å². The molecule has 2 heterocycles. The second kappa shape index (κ2) is 7.85. The van der Waals surface area contributed by atoms with Gasteiger partial charge in [-0.05, 0) is 55.4 Å². The number of hydrogen-bond donors (Lipinski definition) is 4. The van der Waals surface area contributed by atoms with Gasteiger partial charge in [-0.15, -0.1) is 11.3 Å². The summed E-state index contributed by atoms with van der Waals surface area (Å²) in [4.78, 5) is 18.0. The van der Waals surface area contributed by atoms with Crippen LogP contribution in [0, 0.1) is 19.7 Å². The molecule has 0 unspecified atom stereocenters. The smallest absolute Gasteiger partial charge is 0.281 e. The van der Waals surface area contributed by atoms with Gasteiger partial charge in [-0.3, -0.25) is 15.6 Å². The molecule has 0 saturated carbocycles. The summed E-state index contributed by atoms with van der Waals surface area (Å²) >= 11 is 6.37. The lowest BCUT2D eigenvalue weighted by atomic mass is 10.1. The number of carbonyl (C=O) groups excluding carboxylic acids is 1. The Morgan fingerprint density at radius 2 is 1.96 bits per heavy atom. The molecule has 0 saturated heterocycles. The van der Waals surface area contributed by atoms with E-state index in [1.165, 1.54) is 23.5 Å². The molecule has 0 aliphatic carbocycles. The number of aryl methyl sites for hydroxylation is 2. The number of pyridine rings is 1. The molecule has 2 aromatic heterocycles. The third-order valence-electron chi connectivity index (χ3n) is 3.89. The SMILES string of the molecule is Cc1cc(C)c2c(N)c(C(=O)NNC(=S)NCc3ccc(F)cc3)sc2n1. The number of hydrogen-bond acceptors (Lipinski definition) is 5. The normalized spacial score (nSPS) is 10.6. The maximum absolute atomic E-state index is 12.9. The van der Waals surface area contributed by atoms with Crippen molar-refractivity contribution in [3.8, 4) is 0 Å². The average molecular weight is 404 g/mol. The van der Waals surface area contributed by atoms with E-state index < -0.39 is 5.91 Å². The number of nitrogens with two attached hydrogens (primary N) is 1. The highest BCUT2D eigenvalue weighted by Gasteiger charge is 2.19. The molecule has 3 rings (SSSR count). The van der Waals surface area contributed by atoms with E-state index >= 15 is 0 Å². The molecule has 9 heteroatoms. The van der Waals surface area contributed by atoms with Crippen LogP contribution in [-0.4, -0.2) is 16.0 Å². The fourth-order valence-corrected chi connectivity index (χ4v) is 3.87. The summed E-state index contributed by atoms with van der Waals surface area (Å²) in [7, 11) is 0. The number of amides is 1. The number of nitrogens with zero attached hydrogens (tertiary/aromatic N) is 1. The van der Waals surface area contributed by atoms with Crippen molar-refractivity contribution >= 4 is 50.5 Å². The lowest BCUT2D eigenvalue weighted by Crippen LogP contribution is -2.46. The Balaban J connectivity index is 1.61. The van der Waals surface area contributed by atoms with Crippen LogP contribution in [0.25, 0.3) is 10.2 Å². The second-order valence-corrected chi connectivity index (χ2v) is 7.40. The topological polar surface area (TPSA) is 92.1 Å². The minimum atomic E-state index is -0.390. The number of halogens is 1. The summed E-state index contributed by atoms with van der Waals surface area (Å²) in [6, 6.07) is 7.98. The molecule has 0 aliphatic rings. The number of thiocarbonyl (C=S) groups is 1. The van der Waals surface area contributed by atoms with Crippen molar-refractivity contribution in [2.24, 2.45) is 0 Å². The summed E-state index contributed by atoms with van der Waals surface area (Å²) in [5.74, 6) is -0.689. The third kappa shape index (κ3) is 4.32. The van der Waals surface area contributed by atoms with Crippen LogP contribution in [0.3, 0.4) is 0 Å². The molecule has 0 bridgehead atoms. The molecule has 0 radical (unpaired) electrons. The van der Waals surface area contributed by atoms with Crippen molar-refractivity contribution in [2.75, 3.05) is 5.73 Å². The van der Waals surface area contributed by atoms with Crippen molar-refractivity contribution in [1.29, 1.82) is 0 Å². The number of nitrogens with one attached hydrogen (secondary N) is 3. The predicted molar refractivity (Wildman–Crippen MR) is 110 cm³/mol. The number of fused-ring (bicyclic) bond motifs is 1. The van der Waals surface area contributed by atoms with E-state index in [0.717, 1.165) is 27.0 Å². The fourth-order valence-electron chi connectivity index (χ4n) is 2.64. The Morgan fingerprint density at radius 1 is 1.26 bits per heavy atom. The molecule has 6 nitrogen and oxygen atoms in total. The molecule has 3 aromatic rings. The summed E-state index contributed by atoms with van der Waals surface area (Å²) < 4.78 is 12.9.